The first kappa shape index (κ1) is 15.1. The predicted octanol–water partition coefficient (Wildman–Crippen LogP) is 4.51. The summed E-state index contributed by atoms with van der Waals surface area (Å²) in [5.74, 6) is -0.226. The minimum atomic E-state index is -0.900. The van der Waals surface area contributed by atoms with Gasteiger partial charge in [0.2, 0.25) is 0 Å². The molecule has 0 saturated heterocycles. The van der Waals surface area contributed by atoms with Crippen LogP contribution in [0, 0.1) is 5.92 Å². The quantitative estimate of drug-likeness (QED) is 0.820. The predicted molar refractivity (Wildman–Crippen MR) is 86.8 cm³/mol. The van der Waals surface area contributed by atoms with E-state index < -0.39 is 5.97 Å². The lowest BCUT2D eigenvalue weighted by Crippen LogP contribution is -2.04. The Morgan fingerprint density at radius 2 is 1.76 bits per heavy atom. The first-order valence-corrected chi connectivity index (χ1v) is 7.24. The van der Waals surface area contributed by atoms with E-state index in [1.54, 1.807) is 18.2 Å². The maximum absolute atomic E-state index is 11.0. The zero-order chi connectivity index (χ0) is 15.2. The van der Waals surface area contributed by atoms with Crippen LogP contribution in [0.15, 0.2) is 48.5 Å². The van der Waals surface area contributed by atoms with E-state index in [1.807, 2.05) is 24.3 Å². The van der Waals surface area contributed by atoms with Gasteiger partial charge < -0.3 is 10.4 Å². The first-order chi connectivity index (χ1) is 10.1. The molecule has 0 aliphatic heterocycles. The van der Waals surface area contributed by atoms with Gasteiger partial charge in [0.15, 0.2) is 0 Å². The van der Waals surface area contributed by atoms with E-state index in [0.29, 0.717) is 11.5 Å². The van der Waals surface area contributed by atoms with Crippen molar-refractivity contribution >= 4 is 11.7 Å². The van der Waals surface area contributed by atoms with Gasteiger partial charge in [-0.2, -0.15) is 0 Å². The van der Waals surface area contributed by atoms with Crippen molar-refractivity contribution in [2.75, 3.05) is 11.9 Å². The summed E-state index contributed by atoms with van der Waals surface area (Å²) in [5, 5.41) is 12.5. The molecule has 2 aromatic carbocycles. The van der Waals surface area contributed by atoms with Crippen molar-refractivity contribution in [2.45, 2.75) is 20.3 Å². The summed E-state index contributed by atoms with van der Waals surface area (Å²) in [6, 6.07) is 15.1. The Morgan fingerprint density at radius 3 is 2.43 bits per heavy atom. The van der Waals surface area contributed by atoms with Crippen LogP contribution in [0.5, 0.6) is 0 Å². The van der Waals surface area contributed by atoms with E-state index in [0.717, 1.165) is 29.8 Å². The highest BCUT2D eigenvalue weighted by Crippen LogP contribution is 2.23. The fourth-order valence-corrected chi connectivity index (χ4v) is 2.15. The van der Waals surface area contributed by atoms with Crippen molar-refractivity contribution in [3.05, 3.63) is 54.1 Å². The molecule has 0 unspecified atom stereocenters. The van der Waals surface area contributed by atoms with Gasteiger partial charge in [0.05, 0.1) is 5.56 Å². The molecular weight excluding hydrogens is 262 g/mol. The highest BCUT2D eigenvalue weighted by Gasteiger charge is 2.05. The number of carboxylic acids is 1. The molecule has 0 amide bonds. The lowest BCUT2D eigenvalue weighted by molar-refractivity contribution is 0.0697. The smallest absolute Gasteiger partial charge is 0.335 e. The Hall–Kier alpha value is -2.29. The number of hydrogen-bond acceptors (Lipinski definition) is 2. The van der Waals surface area contributed by atoms with Gasteiger partial charge in [-0.05, 0) is 47.7 Å². The van der Waals surface area contributed by atoms with Crippen LogP contribution in [0.3, 0.4) is 0 Å². The molecule has 0 aliphatic rings. The Labute approximate surface area is 125 Å². The lowest BCUT2D eigenvalue weighted by atomic mass is 10.0. The zero-order valence-corrected chi connectivity index (χ0v) is 12.5. The van der Waals surface area contributed by atoms with Crippen molar-refractivity contribution in [3.63, 3.8) is 0 Å². The molecule has 0 atom stereocenters. The molecule has 0 aromatic heterocycles. The molecule has 0 fully saturated rings. The van der Waals surface area contributed by atoms with Gasteiger partial charge >= 0.3 is 5.97 Å². The van der Waals surface area contributed by atoms with Gasteiger partial charge in [-0.1, -0.05) is 38.1 Å². The number of benzene rings is 2. The van der Waals surface area contributed by atoms with Crippen LogP contribution in [0.4, 0.5) is 5.69 Å². The van der Waals surface area contributed by atoms with Gasteiger partial charge in [-0.25, -0.2) is 4.79 Å². The topological polar surface area (TPSA) is 49.3 Å². The Morgan fingerprint density at radius 1 is 1.10 bits per heavy atom. The minimum absolute atomic E-state index is 0.311. The van der Waals surface area contributed by atoms with Crippen LogP contribution >= 0.6 is 0 Å². The normalized spacial score (nSPS) is 10.6. The second kappa shape index (κ2) is 6.93. The average Bonchev–Trinajstić information content (AvgIpc) is 2.47. The molecule has 21 heavy (non-hydrogen) atoms. The molecule has 0 heterocycles. The summed E-state index contributed by atoms with van der Waals surface area (Å²) < 4.78 is 0. The molecule has 2 N–H and O–H groups in total. The number of carbonyl (C=O) groups is 1. The van der Waals surface area contributed by atoms with Crippen molar-refractivity contribution in [3.8, 4) is 11.1 Å². The average molecular weight is 283 g/mol. The van der Waals surface area contributed by atoms with E-state index in [2.05, 4.69) is 25.2 Å². The van der Waals surface area contributed by atoms with Crippen molar-refractivity contribution < 1.29 is 9.90 Å². The van der Waals surface area contributed by atoms with Crippen LogP contribution in [0.25, 0.3) is 11.1 Å². The lowest BCUT2D eigenvalue weighted by Gasteiger charge is -2.10. The zero-order valence-electron chi connectivity index (χ0n) is 12.5. The number of carboxylic acid groups (broad SMARTS) is 1. The maximum Gasteiger partial charge on any atom is 0.335 e. The largest absolute Gasteiger partial charge is 0.478 e. The Bertz CT molecular complexity index is 620. The van der Waals surface area contributed by atoms with E-state index in [-0.39, 0.29) is 0 Å². The van der Waals surface area contributed by atoms with Gasteiger partial charge in [-0.15, -0.1) is 0 Å². The summed E-state index contributed by atoms with van der Waals surface area (Å²) in [7, 11) is 0. The third kappa shape index (κ3) is 4.35. The Balaban J connectivity index is 2.17. The molecule has 2 rings (SSSR count). The van der Waals surface area contributed by atoms with Crippen LogP contribution in [-0.2, 0) is 0 Å². The second-order valence-electron chi connectivity index (χ2n) is 5.58. The number of hydrogen-bond donors (Lipinski definition) is 2. The molecule has 3 nitrogen and oxygen atoms in total. The summed E-state index contributed by atoms with van der Waals surface area (Å²) in [5.41, 5.74) is 3.31. The summed E-state index contributed by atoms with van der Waals surface area (Å²) in [6.07, 6.45) is 1.12. The number of aromatic carboxylic acids is 1. The molecular formula is C18H21NO2. The molecule has 3 heteroatoms. The Kier molecular flexibility index (Phi) is 4.99. The van der Waals surface area contributed by atoms with E-state index in [1.165, 1.54) is 0 Å². The molecule has 0 spiro atoms. The highest BCUT2D eigenvalue weighted by molar-refractivity contribution is 5.89. The van der Waals surface area contributed by atoms with Gasteiger partial charge in [0.25, 0.3) is 0 Å². The molecule has 110 valence electrons. The van der Waals surface area contributed by atoms with E-state index >= 15 is 0 Å². The summed E-state index contributed by atoms with van der Waals surface area (Å²) in [4.78, 5) is 11.0. The first-order valence-electron chi connectivity index (χ1n) is 7.24. The highest BCUT2D eigenvalue weighted by atomic mass is 16.4. The molecule has 0 saturated carbocycles. The summed E-state index contributed by atoms with van der Waals surface area (Å²) in [6.45, 7) is 5.35. The monoisotopic (exact) mass is 283 g/mol. The molecule has 0 radical (unpaired) electrons. The van der Waals surface area contributed by atoms with E-state index in [4.69, 9.17) is 5.11 Å². The third-order valence-corrected chi connectivity index (χ3v) is 3.36. The minimum Gasteiger partial charge on any atom is -0.478 e. The fraction of sp³-hybridized carbons (Fsp3) is 0.278. The number of nitrogens with one attached hydrogen (secondary N) is 1. The molecule has 0 bridgehead atoms. The molecule has 2 aromatic rings. The van der Waals surface area contributed by atoms with Gasteiger partial charge in [0, 0.05) is 12.2 Å². The van der Waals surface area contributed by atoms with E-state index in [9.17, 15) is 4.79 Å². The maximum atomic E-state index is 11.0. The third-order valence-electron chi connectivity index (χ3n) is 3.36. The van der Waals surface area contributed by atoms with Crippen molar-refractivity contribution in [1.82, 2.24) is 0 Å². The van der Waals surface area contributed by atoms with Crippen LogP contribution in [0.1, 0.15) is 30.6 Å². The SMILES string of the molecule is CC(C)CCNc1cccc(-c2cccc(C(=O)O)c2)c1. The van der Waals surface area contributed by atoms with Gasteiger partial charge in [-0.3, -0.25) is 0 Å². The second-order valence-corrected chi connectivity index (χ2v) is 5.58. The molecule has 0 aliphatic carbocycles. The summed E-state index contributed by atoms with van der Waals surface area (Å²) >= 11 is 0. The number of rotatable bonds is 6. The number of anilines is 1. The van der Waals surface area contributed by atoms with Crippen molar-refractivity contribution in [1.29, 1.82) is 0 Å². The van der Waals surface area contributed by atoms with Crippen LogP contribution in [0.2, 0.25) is 0 Å². The standard InChI is InChI=1S/C18H21NO2/c1-13(2)9-10-19-17-8-4-6-15(12-17)14-5-3-7-16(11-14)18(20)21/h3-8,11-13,19H,9-10H2,1-2H3,(H,20,21). The van der Waals surface area contributed by atoms with Crippen LogP contribution in [-0.4, -0.2) is 17.6 Å². The van der Waals surface area contributed by atoms with Crippen LogP contribution < -0.4 is 5.32 Å². The van der Waals surface area contributed by atoms with Gasteiger partial charge in [0.1, 0.15) is 0 Å². The fourth-order valence-electron chi connectivity index (χ4n) is 2.15. The van der Waals surface area contributed by atoms with Crippen molar-refractivity contribution in [2.24, 2.45) is 5.92 Å².